The predicted molar refractivity (Wildman–Crippen MR) is 59.1 cm³/mol. The van der Waals surface area contributed by atoms with Gasteiger partial charge in [0, 0.05) is 39.1 Å². The van der Waals surface area contributed by atoms with Crippen LogP contribution in [0.2, 0.25) is 0 Å². The first-order valence-electron chi connectivity index (χ1n) is 5.61. The van der Waals surface area contributed by atoms with Crippen LogP contribution in [0.5, 0.6) is 0 Å². The van der Waals surface area contributed by atoms with Gasteiger partial charge in [0.25, 0.3) is 0 Å². The molecule has 1 rings (SSSR count). The minimum atomic E-state index is -0.664. The normalized spacial score (nSPS) is 19.8. The zero-order valence-electron chi connectivity index (χ0n) is 10.1. The fraction of sp³-hybridized carbons (Fsp3) is 0.909. The van der Waals surface area contributed by atoms with E-state index in [0.717, 1.165) is 0 Å². The molecule has 0 atom stereocenters. The molecule has 0 saturated carbocycles. The molecule has 0 bridgehead atoms. The molecule has 1 fully saturated rings. The fourth-order valence-corrected chi connectivity index (χ4v) is 1.88. The maximum Gasteiger partial charge on any atom is 0.306 e. The summed E-state index contributed by atoms with van der Waals surface area (Å²) in [6, 6.07) is 0. The highest BCUT2D eigenvalue weighted by molar-refractivity contribution is 5.69. The van der Waals surface area contributed by atoms with Crippen LogP contribution in [0.3, 0.4) is 0 Å². The quantitative estimate of drug-likeness (QED) is 0.676. The molecule has 0 spiro atoms. The van der Waals surface area contributed by atoms with Crippen LogP contribution in [0.1, 0.15) is 19.3 Å². The van der Waals surface area contributed by atoms with Crippen molar-refractivity contribution in [1.29, 1.82) is 0 Å². The van der Waals surface area contributed by atoms with Crippen molar-refractivity contribution in [1.82, 2.24) is 4.90 Å². The van der Waals surface area contributed by atoms with E-state index in [1.54, 1.807) is 0 Å². The van der Waals surface area contributed by atoms with E-state index in [1.165, 1.54) is 7.11 Å². The first-order valence-corrected chi connectivity index (χ1v) is 5.61. The summed E-state index contributed by atoms with van der Waals surface area (Å²) < 4.78 is 9.78. The molecule has 1 heterocycles. The highest BCUT2D eigenvalue weighted by Gasteiger charge is 2.30. The molecule has 94 valence electrons. The third-order valence-electron chi connectivity index (χ3n) is 2.91. The maximum atomic E-state index is 11.0. The minimum absolute atomic E-state index is 0.217. The van der Waals surface area contributed by atoms with Gasteiger partial charge in [0.1, 0.15) is 0 Å². The van der Waals surface area contributed by atoms with Gasteiger partial charge in [0.15, 0.2) is 0 Å². The summed E-state index contributed by atoms with van der Waals surface area (Å²) in [5.41, 5.74) is -0.664. The second-order valence-electron chi connectivity index (χ2n) is 4.40. The molecule has 1 aliphatic heterocycles. The van der Waals surface area contributed by atoms with E-state index >= 15 is 0 Å². The number of esters is 1. The summed E-state index contributed by atoms with van der Waals surface area (Å²) in [6.07, 6.45) is 1.69. The van der Waals surface area contributed by atoms with Crippen LogP contribution in [-0.2, 0) is 14.3 Å². The van der Waals surface area contributed by atoms with E-state index in [0.29, 0.717) is 45.6 Å². The van der Waals surface area contributed by atoms with Crippen molar-refractivity contribution < 1.29 is 19.4 Å². The molecule has 0 aliphatic carbocycles. The first-order chi connectivity index (χ1) is 7.56. The third-order valence-corrected chi connectivity index (χ3v) is 2.91. The Kier molecular flexibility index (Phi) is 5.18. The number of methoxy groups -OCH3 is 1. The van der Waals surface area contributed by atoms with Gasteiger partial charge in [-0.3, -0.25) is 4.79 Å². The number of rotatable bonds is 5. The summed E-state index contributed by atoms with van der Waals surface area (Å²) in [5.74, 6) is -0.217. The van der Waals surface area contributed by atoms with Crippen LogP contribution in [0.25, 0.3) is 0 Å². The Morgan fingerprint density at radius 3 is 2.69 bits per heavy atom. The van der Waals surface area contributed by atoms with Gasteiger partial charge in [0.2, 0.25) is 0 Å². The molecule has 1 N–H and O–H groups in total. The minimum Gasteiger partial charge on any atom is -0.469 e. The topological polar surface area (TPSA) is 59.0 Å². The van der Waals surface area contributed by atoms with Gasteiger partial charge >= 0.3 is 5.97 Å². The van der Waals surface area contributed by atoms with Gasteiger partial charge < -0.3 is 19.5 Å². The standard InChI is InChI=1S/C11H21NO4/c1-12(6-3-10(13)15-2)9-11(14)4-7-16-8-5-11/h14H,3-9H2,1-2H3. The molecular weight excluding hydrogens is 210 g/mol. The number of hydrogen-bond donors (Lipinski definition) is 1. The lowest BCUT2D eigenvalue weighted by atomic mass is 9.94. The summed E-state index contributed by atoms with van der Waals surface area (Å²) in [6.45, 7) is 2.41. The largest absolute Gasteiger partial charge is 0.469 e. The molecule has 1 aliphatic rings. The summed E-state index contributed by atoms with van der Waals surface area (Å²) in [7, 11) is 3.28. The van der Waals surface area contributed by atoms with Crippen molar-refractivity contribution in [2.75, 3.05) is 40.5 Å². The van der Waals surface area contributed by atoms with Crippen molar-refractivity contribution in [3.05, 3.63) is 0 Å². The maximum absolute atomic E-state index is 11.0. The van der Waals surface area contributed by atoms with Crippen LogP contribution in [0, 0.1) is 0 Å². The Labute approximate surface area is 96.3 Å². The zero-order chi connectivity index (χ0) is 12.0. The van der Waals surface area contributed by atoms with Gasteiger partial charge in [0.05, 0.1) is 19.1 Å². The van der Waals surface area contributed by atoms with Gasteiger partial charge in [-0.15, -0.1) is 0 Å². The number of aliphatic hydroxyl groups is 1. The summed E-state index contributed by atoms with van der Waals surface area (Å²) >= 11 is 0. The number of hydrogen-bond acceptors (Lipinski definition) is 5. The average Bonchev–Trinajstić information content (AvgIpc) is 2.26. The van der Waals surface area contributed by atoms with E-state index in [1.807, 2.05) is 11.9 Å². The van der Waals surface area contributed by atoms with Crippen LogP contribution in [-0.4, -0.2) is 62.0 Å². The van der Waals surface area contributed by atoms with Crippen molar-refractivity contribution in [2.24, 2.45) is 0 Å². The van der Waals surface area contributed by atoms with E-state index in [2.05, 4.69) is 4.74 Å². The van der Waals surface area contributed by atoms with Crippen molar-refractivity contribution >= 4 is 5.97 Å². The molecule has 5 nitrogen and oxygen atoms in total. The molecule has 16 heavy (non-hydrogen) atoms. The highest BCUT2D eigenvalue weighted by Crippen LogP contribution is 2.21. The Balaban J connectivity index is 2.26. The molecule has 0 aromatic carbocycles. The molecule has 1 saturated heterocycles. The van der Waals surface area contributed by atoms with Crippen LogP contribution >= 0.6 is 0 Å². The molecule has 0 amide bonds. The van der Waals surface area contributed by atoms with Gasteiger partial charge in [-0.05, 0) is 7.05 Å². The monoisotopic (exact) mass is 231 g/mol. The number of nitrogens with zero attached hydrogens (tertiary/aromatic N) is 1. The van der Waals surface area contributed by atoms with Crippen molar-refractivity contribution in [2.45, 2.75) is 24.9 Å². The van der Waals surface area contributed by atoms with E-state index in [-0.39, 0.29) is 5.97 Å². The number of carbonyl (C=O) groups excluding carboxylic acids is 1. The molecule has 0 radical (unpaired) electrons. The SMILES string of the molecule is COC(=O)CCN(C)CC1(O)CCOCC1. The number of ether oxygens (including phenoxy) is 2. The Hall–Kier alpha value is -0.650. The molecule has 0 unspecified atom stereocenters. The van der Waals surface area contributed by atoms with E-state index in [9.17, 15) is 9.90 Å². The third kappa shape index (κ3) is 4.47. The Bertz CT molecular complexity index is 226. The molecule has 0 aromatic rings. The Morgan fingerprint density at radius 2 is 2.12 bits per heavy atom. The number of carbonyl (C=O) groups is 1. The number of likely N-dealkylation sites (N-methyl/N-ethyl adjacent to an activating group) is 1. The van der Waals surface area contributed by atoms with E-state index < -0.39 is 5.60 Å². The van der Waals surface area contributed by atoms with Crippen molar-refractivity contribution in [3.8, 4) is 0 Å². The van der Waals surface area contributed by atoms with Crippen LogP contribution < -0.4 is 0 Å². The lowest BCUT2D eigenvalue weighted by Gasteiger charge is -2.35. The predicted octanol–water partition coefficient (Wildman–Crippen LogP) is 0.0228. The fourth-order valence-electron chi connectivity index (χ4n) is 1.88. The molecule has 5 heteroatoms. The second kappa shape index (κ2) is 6.18. The van der Waals surface area contributed by atoms with E-state index in [4.69, 9.17) is 4.74 Å². The van der Waals surface area contributed by atoms with Crippen LogP contribution in [0.4, 0.5) is 0 Å². The molecular formula is C11H21NO4. The van der Waals surface area contributed by atoms with Gasteiger partial charge in [-0.1, -0.05) is 0 Å². The average molecular weight is 231 g/mol. The van der Waals surface area contributed by atoms with Crippen LogP contribution in [0.15, 0.2) is 0 Å². The Morgan fingerprint density at radius 1 is 1.50 bits per heavy atom. The lowest BCUT2D eigenvalue weighted by molar-refractivity contribution is -0.141. The summed E-state index contributed by atoms with van der Waals surface area (Å²) in [4.78, 5) is 12.9. The highest BCUT2D eigenvalue weighted by atomic mass is 16.5. The zero-order valence-corrected chi connectivity index (χ0v) is 10.1. The van der Waals surface area contributed by atoms with Crippen molar-refractivity contribution in [3.63, 3.8) is 0 Å². The lowest BCUT2D eigenvalue weighted by Crippen LogP contribution is -2.46. The van der Waals surface area contributed by atoms with Gasteiger partial charge in [-0.25, -0.2) is 0 Å². The summed E-state index contributed by atoms with van der Waals surface area (Å²) in [5, 5.41) is 10.2. The smallest absolute Gasteiger partial charge is 0.306 e. The van der Waals surface area contributed by atoms with Gasteiger partial charge in [-0.2, -0.15) is 0 Å². The second-order valence-corrected chi connectivity index (χ2v) is 4.40. The molecule has 0 aromatic heterocycles. The first kappa shape index (κ1) is 13.4.